The Hall–Kier alpha value is -2.11. The van der Waals surface area contributed by atoms with Crippen molar-refractivity contribution >= 4 is 16.9 Å². The van der Waals surface area contributed by atoms with Gasteiger partial charge in [0.2, 0.25) is 0 Å². The molecule has 2 heterocycles. The summed E-state index contributed by atoms with van der Waals surface area (Å²) >= 11 is 0. The third kappa shape index (κ3) is 1.53. The number of carbonyl (C=O) groups is 1. The van der Waals surface area contributed by atoms with Gasteiger partial charge < -0.3 is 14.2 Å². The first-order valence-corrected chi connectivity index (χ1v) is 5.87. The zero-order valence-electron chi connectivity index (χ0n) is 9.57. The molecule has 3 rings (SSSR count). The highest BCUT2D eigenvalue weighted by molar-refractivity contribution is 5.74. The largest absolute Gasteiger partial charge is 0.481 e. The average Bonchev–Trinajstić information content (AvgIpc) is 2.97. The number of aliphatic carboxylic acids is 1. The molecule has 1 N–H and O–H groups in total. The van der Waals surface area contributed by atoms with Gasteiger partial charge in [0.05, 0.1) is 12.1 Å². The quantitative estimate of drug-likeness (QED) is 0.868. The Morgan fingerprint density at radius 3 is 3.11 bits per heavy atom. The van der Waals surface area contributed by atoms with Crippen LogP contribution in [0.25, 0.3) is 11.0 Å². The Bertz CT molecular complexity index is 657. The molecule has 2 aromatic rings. The SMILES string of the molecule is O=C(O)C1CCCC1n1ccc2oncc2c1=O. The number of hydrogen-bond acceptors (Lipinski definition) is 4. The normalized spacial score (nSPS) is 23.6. The van der Waals surface area contributed by atoms with Gasteiger partial charge >= 0.3 is 5.97 Å². The predicted molar refractivity (Wildman–Crippen MR) is 62.3 cm³/mol. The molecule has 1 aliphatic carbocycles. The second-order valence-electron chi connectivity index (χ2n) is 4.57. The van der Waals surface area contributed by atoms with Gasteiger partial charge in [-0.3, -0.25) is 9.59 Å². The van der Waals surface area contributed by atoms with Gasteiger partial charge in [-0.05, 0) is 12.8 Å². The maximum atomic E-state index is 12.2. The zero-order valence-corrected chi connectivity index (χ0v) is 9.57. The molecule has 0 radical (unpaired) electrons. The van der Waals surface area contributed by atoms with Crippen molar-refractivity contribution in [2.75, 3.05) is 0 Å². The molecule has 1 fully saturated rings. The number of pyridine rings is 1. The van der Waals surface area contributed by atoms with Crippen LogP contribution < -0.4 is 5.56 Å². The van der Waals surface area contributed by atoms with Gasteiger partial charge in [0, 0.05) is 18.3 Å². The molecule has 0 aliphatic heterocycles. The highest BCUT2D eigenvalue weighted by atomic mass is 16.5. The molecule has 0 aromatic carbocycles. The van der Waals surface area contributed by atoms with E-state index in [0.29, 0.717) is 23.8 Å². The Balaban J connectivity index is 2.11. The monoisotopic (exact) mass is 248 g/mol. The van der Waals surface area contributed by atoms with Crippen molar-refractivity contribution in [1.29, 1.82) is 0 Å². The minimum absolute atomic E-state index is 0.230. The summed E-state index contributed by atoms with van der Waals surface area (Å²) in [4.78, 5) is 23.4. The molecule has 0 bridgehead atoms. The van der Waals surface area contributed by atoms with Crippen molar-refractivity contribution in [2.45, 2.75) is 25.3 Å². The Morgan fingerprint density at radius 2 is 2.33 bits per heavy atom. The van der Waals surface area contributed by atoms with Crippen LogP contribution in [0, 0.1) is 5.92 Å². The van der Waals surface area contributed by atoms with Gasteiger partial charge in [-0.2, -0.15) is 0 Å². The topological polar surface area (TPSA) is 85.3 Å². The van der Waals surface area contributed by atoms with Crippen molar-refractivity contribution in [3.05, 3.63) is 28.8 Å². The molecule has 2 atom stereocenters. The van der Waals surface area contributed by atoms with Crippen molar-refractivity contribution < 1.29 is 14.4 Å². The summed E-state index contributed by atoms with van der Waals surface area (Å²) in [6.07, 6.45) is 5.14. The van der Waals surface area contributed by atoms with Gasteiger partial charge in [0.15, 0.2) is 5.58 Å². The number of hydrogen-bond donors (Lipinski definition) is 1. The van der Waals surface area contributed by atoms with Crippen LogP contribution in [-0.4, -0.2) is 20.8 Å². The lowest BCUT2D eigenvalue weighted by Gasteiger charge is -2.18. The minimum atomic E-state index is -0.838. The lowest BCUT2D eigenvalue weighted by Crippen LogP contribution is -2.29. The zero-order chi connectivity index (χ0) is 12.7. The third-order valence-electron chi connectivity index (χ3n) is 3.60. The maximum Gasteiger partial charge on any atom is 0.308 e. The van der Waals surface area contributed by atoms with Crippen LogP contribution in [-0.2, 0) is 4.79 Å². The van der Waals surface area contributed by atoms with E-state index in [2.05, 4.69) is 5.16 Å². The maximum absolute atomic E-state index is 12.2. The first kappa shape index (κ1) is 11.0. The molecule has 6 heteroatoms. The standard InChI is InChI=1S/C12H12N2O4/c15-11-8-6-13-18-10(8)4-5-14(11)9-3-1-2-7(9)12(16)17/h4-7,9H,1-3H2,(H,16,17). The van der Waals surface area contributed by atoms with Crippen LogP contribution in [0.3, 0.4) is 0 Å². The molecule has 0 spiro atoms. The van der Waals surface area contributed by atoms with E-state index in [1.165, 1.54) is 10.8 Å². The molecule has 0 saturated heterocycles. The van der Waals surface area contributed by atoms with Crippen LogP contribution in [0.1, 0.15) is 25.3 Å². The van der Waals surface area contributed by atoms with Gasteiger partial charge in [0.25, 0.3) is 5.56 Å². The second kappa shape index (κ2) is 3.97. The van der Waals surface area contributed by atoms with Crippen LogP contribution in [0.5, 0.6) is 0 Å². The lowest BCUT2D eigenvalue weighted by atomic mass is 10.0. The van der Waals surface area contributed by atoms with E-state index in [1.54, 1.807) is 12.3 Å². The highest BCUT2D eigenvalue weighted by Gasteiger charge is 2.34. The molecular weight excluding hydrogens is 236 g/mol. The Morgan fingerprint density at radius 1 is 1.50 bits per heavy atom. The number of carboxylic acid groups (broad SMARTS) is 1. The van der Waals surface area contributed by atoms with E-state index >= 15 is 0 Å². The van der Waals surface area contributed by atoms with Crippen molar-refractivity contribution in [3.63, 3.8) is 0 Å². The number of nitrogens with zero attached hydrogens (tertiary/aromatic N) is 2. The van der Waals surface area contributed by atoms with Crippen LogP contribution in [0.15, 0.2) is 27.8 Å². The van der Waals surface area contributed by atoms with E-state index in [-0.39, 0.29) is 11.6 Å². The molecule has 6 nitrogen and oxygen atoms in total. The minimum Gasteiger partial charge on any atom is -0.481 e. The van der Waals surface area contributed by atoms with Crippen molar-refractivity contribution in [2.24, 2.45) is 5.92 Å². The van der Waals surface area contributed by atoms with Gasteiger partial charge in [-0.15, -0.1) is 0 Å². The predicted octanol–water partition coefficient (Wildman–Crippen LogP) is 1.42. The summed E-state index contributed by atoms with van der Waals surface area (Å²) in [5, 5.41) is 13.1. The summed E-state index contributed by atoms with van der Waals surface area (Å²) in [5.41, 5.74) is 0.202. The highest BCUT2D eigenvalue weighted by Crippen LogP contribution is 2.35. The Labute approximate surface area is 102 Å². The van der Waals surface area contributed by atoms with Gasteiger partial charge in [0.1, 0.15) is 5.39 Å². The first-order valence-electron chi connectivity index (χ1n) is 5.87. The Kier molecular flexibility index (Phi) is 2.43. The van der Waals surface area contributed by atoms with Crippen LogP contribution in [0.4, 0.5) is 0 Å². The summed E-state index contributed by atoms with van der Waals surface area (Å²) in [7, 11) is 0. The van der Waals surface area contributed by atoms with Crippen LogP contribution >= 0.6 is 0 Å². The van der Waals surface area contributed by atoms with Crippen LogP contribution in [0.2, 0.25) is 0 Å². The smallest absolute Gasteiger partial charge is 0.308 e. The summed E-state index contributed by atoms with van der Waals surface area (Å²) in [5.74, 6) is -1.32. The number of aromatic nitrogens is 2. The molecule has 0 amide bonds. The molecule has 18 heavy (non-hydrogen) atoms. The number of rotatable bonds is 2. The lowest BCUT2D eigenvalue weighted by molar-refractivity contribution is -0.142. The molecule has 2 unspecified atom stereocenters. The summed E-state index contributed by atoms with van der Waals surface area (Å²) < 4.78 is 6.42. The average molecular weight is 248 g/mol. The van der Waals surface area contributed by atoms with E-state index in [4.69, 9.17) is 9.63 Å². The van der Waals surface area contributed by atoms with Crippen molar-refractivity contribution in [3.8, 4) is 0 Å². The fourth-order valence-corrected chi connectivity index (χ4v) is 2.71. The second-order valence-corrected chi connectivity index (χ2v) is 4.57. The fourth-order valence-electron chi connectivity index (χ4n) is 2.71. The van der Waals surface area contributed by atoms with E-state index in [9.17, 15) is 9.59 Å². The fraction of sp³-hybridized carbons (Fsp3) is 0.417. The first-order chi connectivity index (χ1) is 8.68. The third-order valence-corrected chi connectivity index (χ3v) is 3.60. The molecule has 1 aliphatic rings. The number of fused-ring (bicyclic) bond motifs is 1. The van der Waals surface area contributed by atoms with Gasteiger partial charge in [-0.25, -0.2) is 0 Å². The summed E-state index contributed by atoms with van der Waals surface area (Å²) in [6.45, 7) is 0. The van der Waals surface area contributed by atoms with Crippen molar-refractivity contribution in [1.82, 2.24) is 9.72 Å². The molecule has 2 aromatic heterocycles. The van der Waals surface area contributed by atoms with E-state index in [0.717, 1.165) is 6.42 Å². The van der Waals surface area contributed by atoms with E-state index in [1.807, 2.05) is 0 Å². The molecule has 94 valence electrons. The van der Waals surface area contributed by atoms with E-state index < -0.39 is 11.9 Å². The molecular formula is C12H12N2O4. The molecule has 1 saturated carbocycles. The summed E-state index contributed by atoms with van der Waals surface area (Å²) in [6, 6.07) is 1.38. The van der Waals surface area contributed by atoms with Gasteiger partial charge in [-0.1, -0.05) is 11.6 Å². The number of carboxylic acids is 1.